The molecule has 0 spiro atoms. The zero-order chi connectivity index (χ0) is 30.8. The molecule has 1 N–H and O–H groups in total. The molecule has 3 aromatic rings. The molecule has 3 aromatic carbocycles. The third-order valence-electron chi connectivity index (χ3n) is 7.82. The normalized spacial score (nSPS) is 14.4. The van der Waals surface area contributed by atoms with Crippen molar-refractivity contribution in [2.45, 2.75) is 69.0 Å². The number of sulfonamides is 1. The number of nitrogens with one attached hydrogen (secondary N) is 1. The number of benzene rings is 3. The first-order chi connectivity index (χ1) is 20.8. The van der Waals surface area contributed by atoms with Gasteiger partial charge in [-0.25, -0.2) is 8.42 Å². The Kier molecular flexibility index (Phi) is 11.1. The third-order valence-corrected chi connectivity index (χ3v) is 9.61. The van der Waals surface area contributed by atoms with Crippen LogP contribution in [0.2, 0.25) is 0 Å². The molecule has 1 unspecified atom stereocenters. The van der Waals surface area contributed by atoms with Crippen LogP contribution in [-0.4, -0.2) is 58.0 Å². The number of methoxy groups -OCH3 is 2. The predicted molar refractivity (Wildman–Crippen MR) is 167 cm³/mol. The summed E-state index contributed by atoms with van der Waals surface area (Å²) in [4.78, 5) is 29.5. The zero-order valence-corrected chi connectivity index (χ0v) is 25.9. The van der Waals surface area contributed by atoms with Crippen LogP contribution in [0.1, 0.15) is 51.0 Å². The Balaban J connectivity index is 1.69. The van der Waals surface area contributed by atoms with E-state index in [-0.39, 0.29) is 23.4 Å². The molecule has 0 heterocycles. The molecule has 43 heavy (non-hydrogen) atoms. The fraction of sp³-hybridized carbons (Fsp3) is 0.394. The molecule has 1 saturated carbocycles. The first kappa shape index (κ1) is 31.9. The Morgan fingerprint density at radius 2 is 1.44 bits per heavy atom. The van der Waals surface area contributed by atoms with E-state index in [9.17, 15) is 18.0 Å². The minimum absolute atomic E-state index is 0.0578. The first-order valence-electron chi connectivity index (χ1n) is 14.7. The van der Waals surface area contributed by atoms with Crippen molar-refractivity contribution >= 4 is 27.5 Å². The van der Waals surface area contributed by atoms with Crippen LogP contribution >= 0.6 is 0 Å². The van der Waals surface area contributed by atoms with E-state index in [1.165, 1.54) is 24.1 Å². The molecule has 1 aliphatic rings. The summed E-state index contributed by atoms with van der Waals surface area (Å²) in [7, 11) is -1.03. The van der Waals surface area contributed by atoms with Gasteiger partial charge in [-0.3, -0.25) is 13.9 Å². The van der Waals surface area contributed by atoms with E-state index >= 15 is 0 Å². The molecule has 4 rings (SSSR count). The molecule has 2 amide bonds. The SMILES string of the molecule is CCC(C(=O)NC1CCCCC1)N(Cc1ccc(OC)cc1)C(=O)CN(c1ccc(OC)cc1)S(=O)(=O)c1ccccc1. The summed E-state index contributed by atoms with van der Waals surface area (Å²) in [6.45, 7) is 1.50. The second-order valence-corrected chi connectivity index (χ2v) is 12.5. The topological polar surface area (TPSA) is 105 Å². The third kappa shape index (κ3) is 8.07. The quantitative estimate of drug-likeness (QED) is 0.288. The number of anilines is 1. The first-order valence-corrected chi connectivity index (χ1v) is 16.2. The largest absolute Gasteiger partial charge is 0.497 e. The summed E-state index contributed by atoms with van der Waals surface area (Å²) in [5.41, 5.74) is 1.10. The van der Waals surface area contributed by atoms with Gasteiger partial charge < -0.3 is 19.7 Å². The lowest BCUT2D eigenvalue weighted by molar-refractivity contribution is -0.140. The van der Waals surface area contributed by atoms with E-state index in [2.05, 4.69) is 5.32 Å². The number of hydrogen-bond donors (Lipinski definition) is 1. The lowest BCUT2D eigenvalue weighted by Gasteiger charge is -2.34. The second-order valence-electron chi connectivity index (χ2n) is 10.7. The van der Waals surface area contributed by atoms with Gasteiger partial charge in [0.25, 0.3) is 10.0 Å². The van der Waals surface area contributed by atoms with Gasteiger partial charge in [0, 0.05) is 12.6 Å². The molecule has 0 aliphatic heterocycles. The summed E-state index contributed by atoms with van der Waals surface area (Å²) in [5.74, 6) is 0.511. The fourth-order valence-corrected chi connectivity index (χ4v) is 6.82. The van der Waals surface area contributed by atoms with Crippen LogP contribution in [-0.2, 0) is 26.2 Å². The van der Waals surface area contributed by atoms with Gasteiger partial charge >= 0.3 is 0 Å². The van der Waals surface area contributed by atoms with Crippen molar-refractivity contribution in [3.63, 3.8) is 0 Å². The van der Waals surface area contributed by atoms with Gasteiger partial charge in [0.15, 0.2) is 0 Å². The Labute approximate surface area is 254 Å². The molecule has 0 aromatic heterocycles. The summed E-state index contributed by atoms with van der Waals surface area (Å²) >= 11 is 0. The number of carbonyl (C=O) groups excluding carboxylic acids is 2. The number of ether oxygens (including phenoxy) is 2. The van der Waals surface area contributed by atoms with Gasteiger partial charge in [-0.05, 0) is 73.4 Å². The van der Waals surface area contributed by atoms with Crippen molar-refractivity contribution < 1.29 is 27.5 Å². The van der Waals surface area contributed by atoms with Crippen molar-refractivity contribution in [2.24, 2.45) is 0 Å². The Morgan fingerprint density at radius 1 is 0.860 bits per heavy atom. The van der Waals surface area contributed by atoms with Gasteiger partial charge in [-0.15, -0.1) is 0 Å². The second kappa shape index (κ2) is 14.9. The monoisotopic (exact) mass is 607 g/mol. The zero-order valence-electron chi connectivity index (χ0n) is 25.1. The maximum atomic E-state index is 14.2. The molecule has 0 radical (unpaired) electrons. The predicted octanol–water partition coefficient (Wildman–Crippen LogP) is 5.16. The average molecular weight is 608 g/mol. The Bertz CT molecular complexity index is 1440. The van der Waals surface area contributed by atoms with Crippen LogP contribution in [0.5, 0.6) is 11.5 Å². The molecule has 0 bridgehead atoms. The van der Waals surface area contributed by atoms with E-state index in [1.54, 1.807) is 61.7 Å². The lowest BCUT2D eigenvalue weighted by atomic mass is 9.95. The highest BCUT2D eigenvalue weighted by atomic mass is 32.2. The Morgan fingerprint density at radius 3 is 2.00 bits per heavy atom. The van der Waals surface area contributed by atoms with Crippen LogP contribution in [0.4, 0.5) is 5.69 Å². The number of hydrogen-bond acceptors (Lipinski definition) is 6. The molecule has 1 aliphatic carbocycles. The molecule has 10 heteroatoms. The summed E-state index contributed by atoms with van der Waals surface area (Å²) < 4.78 is 39.5. The minimum Gasteiger partial charge on any atom is -0.497 e. The van der Waals surface area contributed by atoms with E-state index in [0.717, 1.165) is 42.0 Å². The van der Waals surface area contributed by atoms with Gasteiger partial charge in [-0.1, -0.05) is 56.5 Å². The van der Waals surface area contributed by atoms with Crippen LogP contribution in [0.15, 0.2) is 83.8 Å². The average Bonchev–Trinajstić information content (AvgIpc) is 3.04. The highest BCUT2D eigenvalue weighted by Gasteiger charge is 2.34. The van der Waals surface area contributed by atoms with Crippen molar-refractivity contribution in [3.8, 4) is 11.5 Å². The molecule has 0 saturated heterocycles. The highest BCUT2D eigenvalue weighted by molar-refractivity contribution is 7.92. The highest BCUT2D eigenvalue weighted by Crippen LogP contribution is 2.27. The summed E-state index contributed by atoms with van der Waals surface area (Å²) in [6.07, 6.45) is 5.47. The van der Waals surface area contributed by atoms with Gasteiger partial charge in [0.2, 0.25) is 11.8 Å². The van der Waals surface area contributed by atoms with Gasteiger partial charge in [0.05, 0.1) is 24.8 Å². The molecule has 230 valence electrons. The van der Waals surface area contributed by atoms with Crippen molar-refractivity contribution in [2.75, 3.05) is 25.1 Å². The summed E-state index contributed by atoms with van der Waals surface area (Å²) in [6, 6.07) is 21.1. The van der Waals surface area contributed by atoms with Crippen molar-refractivity contribution in [3.05, 3.63) is 84.4 Å². The van der Waals surface area contributed by atoms with Gasteiger partial charge in [-0.2, -0.15) is 0 Å². The van der Waals surface area contributed by atoms with E-state index < -0.39 is 28.5 Å². The molecular weight excluding hydrogens is 566 g/mol. The minimum atomic E-state index is -4.13. The van der Waals surface area contributed by atoms with Crippen LogP contribution in [0.25, 0.3) is 0 Å². The number of nitrogens with zero attached hydrogens (tertiary/aromatic N) is 2. The molecule has 1 fully saturated rings. The molecular formula is C33H41N3O6S. The number of carbonyl (C=O) groups is 2. The molecule has 9 nitrogen and oxygen atoms in total. The fourth-order valence-electron chi connectivity index (χ4n) is 5.39. The Hall–Kier alpha value is -4.05. The maximum absolute atomic E-state index is 14.2. The summed E-state index contributed by atoms with van der Waals surface area (Å²) in [5, 5.41) is 3.16. The number of amides is 2. The van der Waals surface area contributed by atoms with E-state index in [4.69, 9.17) is 9.47 Å². The smallest absolute Gasteiger partial charge is 0.264 e. The maximum Gasteiger partial charge on any atom is 0.264 e. The standard InChI is InChI=1S/C33H41N3O6S/c1-4-31(33(38)34-26-11-7-5-8-12-26)35(23-25-15-19-28(41-2)20-16-25)32(37)24-36(27-17-21-29(42-3)22-18-27)43(39,40)30-13-9-6-10-14-30/h6,9-10,13-22,26,31H,4-5,7-8,11-12,23-24H2,1-3H3,(H,34,38). The lowest BCUT2D eigenvalue weighted by Crippen LogP contribution is -2.54. The van der Waals surface area contributed by atoms with Crippen LogP contribution in [0, 0.1) is 0 Å². The van der Waals surface area contributed by atoms with Crippen molar-refractivity contribution in [1.82, 2.24) is 10.2 Å². The molecule has 1 atom stereocenters. The van der Waals surface area contributed by atoms with Crippen LogP contribution < -0.4 is 19.1 Å². The van der Waals surface area contributed by atoms with Gasteiger partial charge in [0.1, 0.15) is 24.1 Å². The van der Waals surface area contributed by atoms with Crippen molar-refractivity contribution in [1.29, 1.82) is 0 Å². The van der Waals surface area contributed by atoms with E-state index in [1.807, 2.05) is 19.1 Å². The van der Waals surface area contributed by atoms with Crippen LogP contribution in [0.3, 0.4) is 0 Å². The number of rotatable bonds is 13. The van der Waals surface area contributed by atoms with E-state index in [0.29, 0.717) is 23.6 Å².